The lowest BCUT2D eigenvalue weighted by atomic mass is 10.4. The van der Waals surface area contributed by atoms with Crippen molar-refractivity contribution in [1.29, 1.82) is 0 Å². The monoisotopic (exact) mass is 205 g/mol. The molecule has 0 unspecified atom stereocenters. The molecule has 78 valence electrons. The molecule has 0 spiro atoms. The molecule has 0 atom stereocenters. The predicted molar refractivity (Wildman–Crippen MR) is 54.0 cm³/mol. The van der Waals surface area contributed by atoms with Crippen LogP contribution in [-0.4, -0.2) is 24.7 Å². The fraction of sp³-hybridized carbons (Fsp3) is 0.333. The molecule has 0 bridgehead atoms. The van der Waals surface area contributed by atoms with Gasteiger partial charge in [-0.1, -0.05) is 0 Å². The molecule has 0 aliphatic rings. The van der Waals surface area contributed by atoms with E-state index in [1.165, 1.54) is 0 Å². The van der Waals surface area contributed by atoms with Crippen LogP contribution in [-0.2, 0) is 0 Å². The van der Waals surface area contributed by atoms with Crippen LogP contribution in [0.4, 0.5) is 0 Å². The highest BCUT2D eigenvalue weighted by molar-refractivity contribution is 5.24. The van der Waals surface area contributed by atoms with E-state index in [1.807, 2.05) is 6.92 Å². The van der Waals surface area contributed by atoms with Crippen molar-refractivity contribution in [2.24, 2.45) is 0 Å². The lowest BCUT2D eigenvalue weighted by Crippen LogP contribution is -2.08. The van der Waals surface area contributed by atoms with E-state index in [2.05, 4.69) is 20.1 Å². The standard InChI is InChI=1S/C9H11N5O/c1-5-4-8(11-6(2)10-5)14-7(3)12-9(15)13-14/h4H,1-3H3,(H,13,15). The summed E-state index contributed by atoms with van der Waals surface area (Å²) in [5.74, 6) is 1.88. The number of aromatic amines is 1. The van der Waals surface area contributed by atoms with Crippen molar-refractivity contribution in [3.63, 3.8) is 0 Å². The maximum absolute atomic E-state index is 11.0. The van der Waals surface area contributed by atoms with Crippen molar-refractivity contribution >= 4 is 0 Å². The minimum atomic E-state index is -0.374. The van der Waals surface area contributed by atoms with Gasteiger partial charge >= 0.3 is 5.69 Å². The quantitative estimate of drug-likeness (QED) is 0.725. The summed E-state index contributed by atoms with van der Waals surface area (Å²) in [7, 11) is 0. The molecule has 15 heavy (non-hydrogen) atoms. The van der Waals surface area contributed by atoms with Crippen molar-refractivity contribution in [3.05, 3.63) is 33.9 Å². The minimum Gasteiger partial charge on any atom is -0.244 e. The van der Waals surface area contributed by atoms with Gasteiger partial charge < -0.3 is 0 Å². The summed E-state index contributed by atoms with van der Waals surface area (Å²) in [6, 6.07) is 1.79. The Morgan fingerprint density at radius 3 is 2.47 bits per heavy atom. The van der Waals surface area contributed by atoms with E-state index in [0.29, 0.717) is 17.5 Å². The molecule has 0 saturated carbocycles. The second-order valence-corrected chi connectivity index (χ2v) is 3.33. The molecule has 2 heterocycles. The average molecular weight is 205 g/mol. The van der Waals surface area contributed by atoms with Crippen molar-refractivity contribution in [2.75, 3.05) is 0 Å². The first-order valence-corrected chi connectivity index (χ1v) is 4.54. The van der Waals surface area contributed by atoms with Gasteiger partial charge in [0.1, 0.15) is 11.6 Å². The van der Waals surface area contributed by atoms with Gasteiger partial charge in [-0.05, 0) is 20.8 Å². The van der Waals surface area contributed by atoms with Crippen LogP contribution in [0.25, 0.3) is 5.82 Å². The van der Waals surface area contributed by atoms with Crippen LogP contribution >= 0.6 is 0 Å². The van der Waals surface area contributed by atoms with Crippen molar-refractivity contribution in [1.82, 2.24) is 24.7 Å². The maximum Gasteiger partial charge on any atom is 0.361 e. The van der Waals surface area contributed by atoms with Gasteiger partial charge in [-0.15, -0.1) is 0 Å². The molecule has 0 aliphatic heterocycles. The van der Waals surface area contributed by atoms with E-state index < -0.39 is 0 Å². The molecule has 2 rings (SSSR count). The van der Waals surface area contributed by atoms with Crippen molar-refractivity contribution in [3.8, 4) is 5.82 Å². The number of nitrogens with zero attached hydrogens (tertiary/aromatic N) is 4. The number of aromatic nitrogens is 5. The highest BCUT2D eigenvalue weighted by atomic mass is 16.1. The van der Waals surface area contributed by atoms with E-state index in [1.54, 1.807) is 24.6 Å². The second-order valence-electron chi connectivity index (χ2n) is 3.33. The molecule has 0 saturated heterocycles. The maximum atomic E-state index is 11.0. The highest BCUT2D eigenvalue weighted by Crippen LogP contribution is 2.05. The minimum absolute atomic E-state index is 0.374. The molecule has 0 amide bonds. The van der Waals surface area contributed by atoms with E-state index in [-0.39, 0.29) is 5.69 Å². The van der Waals surface area contributed by atoms with Crippen LogP contribution in [0.1, 0.15) is 17.3 Å². The highest BCUT2D eigenvalue weighted by Gasteiger charge is 2.06. The summed E-state index contributed by atoms with van der Waals surface area (Å²) in [6.07, 6.45) is 0. The fourth-order valence-electron chi connectivity index (χ4n) is 1.43. The molecule has 1 N–H and O–H groups in total. The SMILES string of the molecule is Cc1cc(-n2[nH]c(=O)nc2C)nc(C)n1. The number of nitrogens with one attached hydrogen (secondary N) is 1. The van der Waals surface area contributed by atoms with Crippen molar-refractivity contribution in [2.45, 2.75) is 20.8 Å². The van der Waals surface area contributed by atoms with E-state index in [0.717, 1.165) is 5.69 Å². The lowest BCUT2D eigenvalue weighted by molar-refractivity contribution is 0.786. The Morgan fingerprint density at radius 2 is 1.93 bits per heavy atom. The molecule has 0 radical (unpaired) electrons. The number of hydrogen-bond donors (Lipinski definition) is 1. The predicted octanol–water partition coefficient (Wildman–Crippen LogP) is 0.276. The van der Waals surface area contributed by atoms with Crippen LogP contribution in [0.5, 0.6) is 0 Å². The first-order valence-electron chi connectivity index (χ1n) is 4.54. The van der Waals surface area contributed by atoms with Gasteiger partial charge in [-0.3, -0.25) is 0 Å². The molecule has 0 fully saturated rings. The van der Waals surface area contributed by atoms with E-state index >= 15 is 0 Å². The summed E-state index contributed by atoms with van der Waals surface area (Å²) in [5.41, 5.74) is 0.480. The Labute approximate surface area is 86.0 Å². The third-order valence-corrected chi connectivity index (χ3v) is 1.98. The summed E-state index contributed by atoms with van der Waals surface area (Å²) in [6.45, 7) is 5.42. The Balaban J connectivity index is 2.63. The van der Waals surface area contributed by atoms with Crippen LogP contribution in [0.3, 0.4) is 0 Å². The fourth-order valence-corrected chi connectivity index (χ4v) is 1.43. The normalized spacial score (nSPS) is 10.6. The first-order chi connectivity index (χ1) is 7.06. The zero-order valence-corrected chi connectivity index (χ0v) is 8.77. The molecular formula is C9H11N5O. The van der Waals surface area contributed by atoms with Gasteiger partial charge in [-0.25, -0.2) is 24.5 Å². The van der Waals surface area contributed by atoms with Crippen LogP contribution in [0.15, 0.2) is 10.9 Å². The third kappa shape index (κ3) is 1.78. The summed E-state index contributed by atoms with van der Waals surface area (Å²) < 4.78 is 1.55. The lowest BCUT2D eigenvalue weighted by Gasteiger charge is -2.04. The smallest absolute Gasteiger partial charge is 0.244 e. The molecule has 6 heteroatoms. The number of aryl methyl sites for hydroxylation is 3. The zero-order valence-electron chi connectivity index (χ0n) is 8.77. The topological polar surface area (TPSA) is 76.5 Å². The summed E-state index contributed by atoms with van der Waals surface area (Å²) in [5, 5.41) is 2.57. The number of rotatable bonds is 1. The second kappa shape index (κ2) is 3.30. The van der Waals surface area contributed by atoms with Crippen LogP contribution in [0.2, 0.25) is 0 Å². The van der Waals surface area contributed by atoms with E-state index in [9.17, 15) is 4.79 Å². The van der Waals surface area contributed by atoms with Gasteiger partial charge in [0.2, 0.25) is 0 Å². The Hall–Kier alpha value is -1.98. The Morgan fingerprint density at radius 1 is 1.20 bits per heavy atom. The van der Waals surface area contributed by atoms with E-state index in [4.69, 9.17) is 0 Å². The Kier molecular flexibility index (Phi) is 2.11. The molecule has 6 nitrogen and oxygen atoms in total. The largest absolute Gasteiger partial charge is 0.361 e. The van der Waals surface area contributed by atoms with Gasteiger partial charge in [0.25, 0.3) is 0 Å². The summed E-state index contributed by atoms with van der Waals surface area (Å²) in [4.78, 5) is 23.1. The van der Waals surface area contributed by atoms with Crippen LogP contribution in [0, 0.1) is 20.8 Å². The van der Waals surface area contributed by atoms with Crippen LogP contribution < -0.4 is 5.69 Å². The summed E-state index contributed by atoms with van der Waals surface area (Å²) >= 11 is 0. The Bertz CT molecular complexity index is 534. The zero-order chi connectivity index (χ0) is 11.0. The molecule has 0 aromatic carbocycles. The van der Waals surface area contributed by atoms with Gasteiger partial charge in [0.05, 0.1) is 0 Å². The average Bonchev–Trinajstić information content (AvgIpc) is 2.43. The number of H-pyrrole nitrogens is 1. The van der Waals surface area contributed by atoms with Crippen molar-refractivity contribution < 1.29 is 0 Å². The first kappa shape index (κ1) is 9.57. The van der Waals surface area contributed by atoms with Gasteiger partial charge in [-0.2, -0.15) is 4.98 Å². The van der Waals surface area contributed by atoms with Gasteiger partial charge in [0, 0.05) is 11.8 Å². The molecule has 0 aliphatic carbocycles. The molecule has 2 aromatic heterocycles. The number of hydrogen-bond acceptors (Lipinski definition) is 4. The molecule has 2 aromatic rings. The molecular weight excluding hydrogens is 194 g/mol. The third-order valence-electron chi connectivity index (χ3n) is 1.98. The van der Waals surface area contributed by atoms with Gasteiger partial charge in [0.15, 0.2) is 5.82 Å².